The predicted molar refractivity (Wildman–Crippen MR) is 69.5 cm³/mol. The van der Waals surface area contributed by atoms with E-state index in [4.69, 9.17) is 11.6 Å². The molecular weight excluding hydrogens is 238 g/mol. The van der Waals surface area contributed by atoms with Crippen LogP contribution in [0, 0.1) is 0 Å². The molecule has 0 spiro atoms. The summed E-state index contributed by atoms with van der Waals surface area (Å²) in [5.74, 6) is 0. The van der Waals surface area contributed by atoms with Gasteiger partial charge in [-0.05, 0) is 37.5 Å². The Bertz CT molecular complexity index is 387. The van der Waals surface area contributed by atoms with Gasteiger partial charge in [-0.2, -0.15) is 0 Å². The maximum Gasteiger partial charge on any atom is 0.0762 e. The van der Waals surface area contributed by atoms with Crippen LogP contribution in [-0.4, -0.2) is 29.4 Å². The lowest BCUT2D eigenvalue weighted by Crippen LogP contribution is -2.35. The third-order valence-corrected chi connectivity index (χ3v) is 3.56. The minimum absolute atomic E-state index is 0.179. The minimum Gasteiger partial charge on any atom is -0.393 e. The SMILES string of the molecule is CC(O)c1ccc(N2CCC(O)CC2)c(Cl)c1. The summed E-state index contributed by atoms with van der Waals surface area (Å²) >= 11 is 6.23. The van der Waals surface area contributed by atoms with Crippen LogP contribution in [0.25, 0.3) is 0 Å². The van der Waals surface area contributed by atoms with E-state index in [1.54, 1.807) is 6.92 Å². The summed E-state index contributed by atoms with van der Waals surface area (Å²) < 4.78 is 0. The van der Waals surface area contributed by atoms with Gasteiger partial charge in [0.05, 0.1) is 22.9 Å². The first-order valence-electron chi connectivity index (χ1n) is 5.98. The first-order chi connectivity index (χ1) is 8.08. The molecule has 17 heavy (non-hydrogen) atoms. The van der Waals surface area contributed by atoms with E-state index in [0.29, 0.717) is 5.02 Å². The second kappa shape index (κ2) is 5.25. The maximum atomic E-state index is 9.48. The van der Waals surface area contributed by atoms with E-state index in [1.165, 1.54) is 0 Å². The molecule has 1 aromatic carbocycles. The van der Waals surface area contributed by atoms with Crippen molar-refractivity contribution in [3.05, 3.63) is 28.8 Å². The normalized spacial score (nSPS) is 19.4. The van der Waals surface area contributed by atoms with Crippen molar-refractivity contribution >= 4 is 17.3 Å². The van der Waals surface area contributed by atoms with Crippen LogP contribution < -0.4 is 4.90 Å². The van der Waals surface area contributed by atoms with Gasteiger partial charge in [0.15, 0.2) is 0 Å². The van der Waals surface area contributed by atoms with Crippen LogP contribution in [0.4, 0.5) is 5.69 Å². The zero-order chi connectivity index (χ0) is 12.4. The second-order valence-electron chi connectivity index (χ2n) is 4.61. The van der Waals surface area contributed by atoms with Gasteiger partial charge < -0.3 is 15.1 Å². The van der Waals surface area contributed by atoms with E-state index in [0.717, 1.165) is 37.2 Å². The fourth-order valence-corrected chi connectivity index (χ4v) is 2.45. The standard InChI is InChI=1S/C13H18ClNO2/c1-9(16)10-2-3-13(12(14)8-10)15-6-4-11(17)5-7-15/h2-3,8-9,11,16-17H,4-7H2,1H3. The molecule has 0 bridgehead atoms. The molecule has 3 nitrogen and oxygen atoms in total. The smallest absolute Gasteiger partial charge is 0.0762 e. The maximum absolute atomic E-state index is 9.48. The van der Waals surface area contributed by atoms with Gasteiger partial charge in [0.1, 0.15) is 0 Å². The number of benzene rings is 1. The van der Waals surface area contributed by atoms with Crippen molar-refractivity contribution in [1.29, 1.82) is 0 Å². The van der Waals surface area contributed by atoms with Gasteiger partial charge in [0.2, 0.25) is 0 Å². The van der Waals surface area contributed by atoms with Gasteiger partial charge in [0, 0.05) is 13.1 Å². The Hall–Kier alpha value is -0.770. The lowest BCUT2D eigenvalue weighted by molar-refractivity contribution is 0.145. The molecule has 0 amide bonds. The van der Waals surface area contributed by atoms with Crippen molar-refractivity contribution in [2.45, 2.75) is 32.0 Å². The lowest BCUT2D eigenvalue weighted by atomic mass is 10.1. The average Bonchev–Trinajstić information content (AvgIpc) is 2.30. The number of hydrogen-bond donors (Lipinski definition) is 2. The molecule has 0 saturated carbocycles. The van der Waals surface area contributed by atoms with E-state index in [2.05, 4.69) is 4.90 Å². The Labute approximate surface area is 107 Å². The van der Waals surface area contributed by atoms with Gasteiger partial charge in [-0.1, -0.05) is 17.7 Å². The van der Waals surface area contributed by atoms with Gasteiger partial charge in [-0.15, -0.1) is 0 Å². The first kappa shape index (κ1) is 12.7. The molecule has 1 atom stereocenters. The molecular formula is C13H18ClNO2. The summed E-state index contributed by atoms with van der Waals surface area (Å²) in [6, 6.07) is 5.66. The van der Waals surface area contributed by atoms with Crippen LogP contribution in [0.5, 0.6) is 0 Å². The van der Waals surface area contributed by atoms with Gasteiger partial charge in [0.25, 0.3) is 0 Å². The molecule has 1 unspecified atom stereocenters. The van der Waals surface area contributed by atoms with Crippen molar-refractivity contribution in [1.82, 2.24) is 0 Å². The summed E-state index contributed by atoms with van der Waals surface area (Å²) in [4.78, 5) is 2.18. The molecule has 1 fully saturated rings. The number of aliphatic hydroxyl groups excluding tert-OH is 2. The van der Waals surface area contributed by atoms with Gasteiger partial charge >= 0.3 is 0 Å². The quantitative estimate of drug-likeness (QED) is 0.853. The van der Waals surface area contributed by atoms with Crippen molar-refractivity contribution < 1.29 is 10.2 Å². The Morgan fingerprint density at radius 2 is 2.00 bits per heavy atom. The third kappa shape index (κ3) is 2.92. The Kier molecular flexibility index (Phi) is 3.92. The molecule has 2 rings (SSSR count). The second-order valence-corrected chi connectivity index (χ2v) is 5.01. The molecule has 0 aromatic heterocycles. The molecule has 4 heteroatoms. The number of rotatable bonds is 2. The number of hydrogen-bond acceptors (Lipinski definition) is 3. The van der Waals surface area contributed by atoms with Crippen molar-refractivity contribution in [2.75, 3.05) is 18.0 Å². The Morgan fingerprint density at radius 3 is 2.53 bits per heavy atom. The summed E-state index contributed by atoms with van der Waals surface area (Å²) in [5, 5.41) is 19.6. The number of halogens is 1. The van der Waals surface area contributed by atoms with Crippen LogP contribution in [0.2, 0.25) is 5.02 Å². The van der Waals surface area contributed by atoms with Gasteiger partial charge in [-0.3, -0.25) is 0 Å². The molecule has 0 radical (unpaired) electrons. The summed E-state index contributed by atoms with van der Waals surface area (Å²) in [7, 11) is 0. The summed E-state index contributed by atoms with van der Waals surface area (Å²) in [6.07, 6.45) is 0.898. The molecule has 1 saturated heterocycles. The van der Waals surface area contributed by atoms with Crippen LogP contribution in [0.3, 0.4) is 0 Å². The van der Waals surface area contributed by atoms with E-state index < -0.39 is 6.10 Å². The molecule has 1 heterocycles. The lowest BCUT2D eigenvalue weighted by Gasteiger charge is -2.32. The third-order valence-electron chi connectivity index (χ3n) is 3.26. The molecule has 1 aliphatic rings. The molecule has 94 valence electrons. The molecule has 1 aliphatic heterocycles. The summed E-state index contributed by atoms with van der Waals surface area (Å²) in [5.41, 5.74) is 1.82. The number of piperidine rings is 1. The molecule has 2 N–H and O–H groups in total. The van der Waals surface area contributed by atoms with E-state index in [9.17, 15) is 10.2 Å². The highest BCUT2D eigenvalue weighted by Crippen LogP contribution is 2.30. The first-order valence-corrected chi connectivity index (χ1v) is 6.36. The highest BCUT2D eigenvalue weighted by molar-refractivity contribution is 6.33. The molecule has 1 aromatic rings. The molecule has 0 aliphatic carbocycles. The number of nitrogens with zero attached hydrogens (tertiary/aromatic N) is 1. The fraction of sp³-hybridized carbons (Fsp3) is 0.538. The largest absolute Gasteiger partial charge is 0.393 e. The zero-order valence-electron chi connectivity index (χ0n) is 9.93. The topological polar surface area (TPSA) is 43.7 Å². The average molecular weight is 256 g/mol. The van der Waals surface area contributed by atoms with E-state index >= 15 is 0 Å². The van der Waals surface area contributed by atoms with Crippen LogP contribution in [0.15, 0.2) is 18.2 Å². The van der Waals surface area contributed by atoms with Crippen molar-refractivity contribution in [2.24, 2.45) is 0 Å². The highest BCUT2D eigenvalue weighted by atomic mass is 35.5. The van der Waals surface area contributed by atoms with E-state index in [1.807, 2.05) is 18.2 Å². The highest BCUT2D eigenvalue weighted by Gasteiger charge is 2.19. The number of aliphatic hydroxyl groups is 2. The number of anilines is 1. The van der Waals surface area contributed by atoms with Crippen molar-refractivity contribution in [3.63, 3.8) is 0 Å². The Morgan fingerprint density at radius 1 is 1.35 bits per heavy atom. The zero-order valence-corrected chi connectivity index (χ0v) is 10.7. The minimum atomic E-state index is -0.496. The fourth-order valence-electron chi connectivity index (χ4n) is 2.15. The monoisotopic (exact) mass is 255 g/mol. The summed E-state index contributed by atoms with van der Waals surface area (Å²) in [6.45, 7) is 3.38. The van der Waals surface area contributed by atoms with Crippen LogP contribution >= 0.6 is 11.6 Å². The van der Waals surface area contributed by atoms with Crippen LogP contribution in [-0.2, 0) is 0 Å². The van der Waals surface area contributed by atoms with Crippen LogP contribution in [0.1, 0.15) is 31.4 Å². The van der Waals surface area contributed by atoms with E-state index in [-0.39, 0.29) is 6.10 Å². The predicted octanol–water partition coefficient (Wildman–Crippen LogP) is 2.35. The van der Waals surface area contributed by atoms with Crippen molar-refractivity contribution in [3.8, 4) is 0 Å². The van der Waals surface area contributed by atoms with Gasteiger partial charge in [-0.25, -0.2) is 0 Å². The Balaban J connectivity index is 2.16.